The van der Waals surface area contributed by atoms with Gasteiger partial charge >= 0.3 is 0 Å². The molecule has 1 aliphatic heterocycles. The number of rotatable bonds is 6. The maximum atomic E-state index is 12.7. The van der Waals surface area contributed by atoms with Crippen LogP contribution in [0.2, 0.25) is 0 Å². The zero-order valence-electron chi connectivity index (χ0n) is 16.4. The Hall–Kier alpha value is -2.33. The highest BCUT2D eigenvalue weighted by atomic mass is 16.2. The predicted molar refractivity (Wildman–Crippen MR) is 102 cm³/mol. The van der Waals surface area contributed by atoms with E-state index in [0.717, 1.165) is 44.3 Å². The van der Waals surface area contributed by atoms with Crippen molar-refractivity contribution in [3.8, 4) is 6.07 Å². The number of nitriles is 1. The largest absolute Gasteiger partial charge is 0.354 e. The number of carbonyl (C=O) groups is 2. The van der Waals surface area contributed by atoms with Gasteiger partial charge in [-0.05, 0) is 57.2 Å². The first-order chi connectivity index (χ1) is 12.9. The molecule has 0 unspecified atom stereocenters. The van der Waals surface area contributed by atoms with Gasteiger partial charge in [0.2, 0.25) is 5.91 Å². The summed E-state index contributed by atoms with van der Waals surface area (Å²) in [5.41, 5.74) is 0.902. The second-order valence-corrected chi connectivity index (χ2v) is 7.90. The third-order valence-electron chi connectivity index (χ3n) is 5.95. The summed E-state index contributed by atoms with van der Waals surface area (Å²) in [5.74, 6) is 0.0586. The number of nitrogens with one attached hydrogen (secondary N) is 2. The summed E-state index contributed by atoms with van der Waals surface area (Å²) < 4.78 is 1.92. The monoisotopic (exact) mass is 371 g/mol. The van der Waals surface area contributed by atoms with Gasteiger partial charge in [-0.3, -0.25) is 14.5 Å². The second kappa shape index (κ2) is 7.73. The van der Waals surface area contributed by atoms with Crippen LogP contribution >= 0.6 is 0 Å². The lowest BCUT2D eigenvalue weighted by Crippen LogP contribution is -2.51. The van der Waals surface area contributed by atoms with Gasteiger partial charge < -0.3 is 15.2 Å². The molecule has 7 nitrogen and oxygen atoms in total. The number of amides is 2. The summed E-state index contributed by atoms with van der Waals surface area (Å²) in [7, 11) is 3.52. The van der Waals surface area contributed by atoms with E-state index in [-0.39, 0.29) is 30.3 Å². The third kappa shape index (κ3) is 4.01. The summed E-state index contributed by atoms with van der Waals surface area (Å²) in [6.07, 6.45) is 5.11. The van der Waals surface area contributed by atoms with E-state index in [1.807, 2.05) is 30.7 Å². The van der Waals surface area contributed by atoms with Gasteiger partial charge in [-0.1, -0.05) is 6.42 Å². The summed E-state index contributed by atoms with van der Waals surface area (Å²) in [4.78, 5) is 26.8. The van der Waals surface area contributed by atoms with E-state index in [1.165, 1.54) is 0 Å². The van der Waals surface area contributed by atoms with Crippen molar-refractivity contribution >= 4 is 11.8 Å². The Morgan fingerprint density at radius 1 is 1.30 bits per heavy atom. The molecule has 0 radical (unpaired) electrons. The van der Waals surface area contributed by atoms with Gasteiger partial charge in [-0.2, -0.15) is 5.26 Å². The van der Waals surface area contributed by atoms with Crippen LogP contribution < -0.4 is 10.6 Å². The molecule has 1 saturated heterocycles. The van der Waals surface area contributed by atoms with E-state index < -0.39 is 5.54 Å². The number of likely N-dealkylation sites (tertiary alicyclic amines) is 1. The Balaban J connectivity index is 1.72. The molecule has 2 atom stereocenters. The van der Waals surface area contributed by atoms with Gasteiger partial charge in [0.05, 0.1) is 18.7 Å². The van der Waals surface area contributed by atoms with Crippen LogP contribution in [0.1, 0.15) is 61.3 Å². The highest BCUT2D eigenvalue weighted by Crippen LogP contribution is 2.39. The Morgan fingerprint density at radius 2 is 2.04 bits per heavy atom. The lowest BCUT2D eigenvalue weighted by Gasteiger charge is -2.36. The van der Waals surface area contributed by atoms with Crippen molar-refractivity contribution < 1.29 is 9.59 Å². The van der Waals surface area contributed by atoms with Crippen LogP contribution in [0.3, 0.4) is 0 Å². The van der Waals surface area contributed by atoms with E-state index in [2.05, 4.69) is 21.6 Å². The molecule has 1 aromatic rings. The van der Waals surface area contributed by atoms with Crippen molar-refractivity contribution in [3.63, 3.8) is 0 Å². The number of carbonyl (C=O) groups excluding carboxylic acids is 2. The smallest absolute Gasteiger partial charge is 0.267 e. The number of piperidine rings is 1. The Kier molecular flexibility index (Phi) is 5.56. The van der Waals surface area contributed by atoms with E-state index in [0.29, 0.717) is 5.69 Å². The second-order valence-electron chi connectivity index (χ2n) is 7.90. The standard InChI is InChI=1S/C20H29N5O2/c1-20(13-21,14-7-8-14)23-18(26)12-25-11-5-4-6-16(25)15-9-10-17(24(15)3)19(27)22-2/h9-10,14,16H,4-8,11-12H2,1-3H3,(H,22,27)(H,23,26)/t16-,20-/m0/s1. The first-order valence-electron chi connectivity index (χ1n) is 9.73. The van der Waals surface area contributed by atoms with Crippen LogP contribution in [-0.4, -0.2) is 47.0 Å². The highest BCUT2D eigenvalue weighted by molar-refractivity contribution is 5.92. The van der Waals surface area contributed by atoms with Gasteiger partial charge in [-0.15, -0.1) is 0 Å². The molecule has 2 fully saturated rings. The zero-order valence-corrected chi connectivity index (χ0v) is 16.4. The molecule has 2 aliphatic rings. The van der Waals surface area contributed by atoms with E-state index in [9.17, 15) is 14.9 Å². The number of hydrogen-bond donors (Lipinski definition) is 2. The molecule has 2 N–H and O–H groups in total. The highest BCUT2D eigenvalue weighted by Gasteiger charge is 2.43. The van der Waals surface area contributed by atoms with Crippen molar-refractivity contribution in [2.45, 2.75) is 50.6 Å². The minimum absolute atomic E-state index is 0.0985. The van der Waals surface area contributed by atoms with E-state index >= 15 is 0 Å². The summed E-state index contributed by atoms with van der Waals surface area (Å²) in [5, 5.41) is 15.1. The quantitative estimate of drug-likeness (QED) is 0.797. The van der Waals surface area contributed by atoms with Crippen molar-refractivity contribution in [2.24, 2.45) is 13.0 Å². The van der Waals surface area contributed by atoms with Gasteiger partial charge in [0, 0.05) is 19.8 Å². The van der Waals surface area contributed by atoms with Gasteiger partial charge in [-0.25, -0.2) is 0 Å². The van der Waals surface area contributed by atoms with E-state index in [1.54, 1.807) is 7.05 Å². The number of aromatic nitrogens is 1. The molecule has 1 saturated carbocycles. The Morgan fingerprint density at radius 3 is 2.67 bits per heavy atom. The summed E-state index contributed by atoms with van der Waals surface area (Å²) in [6.45, 7) is 2.93. The molecule has 0 aromatic carbocycles. The zero-order chi connectivity index (χ0) is 19.6. The molecule has 146 valence electrons. The topological polar surface area (TPSA) is 90.2 Å². The molecule has 1 aromatic heterocycles. The SMILES string of the molecule is CNC(=O)c1ccc([C@@H]2CCCCN2CC(=O)N[C@@](C)(C#N)C2CC2)n1C. The maximum absolute atomic E-state index is 12.7. The van der Waals surface area contributed by atoms with Crippen LogP contribution in [0.5, 0.6) is 0 Å². The molecule has 3 rings (SSSR count). The molecule has 27 heavy (non-hydrogen) atoms. The van der Waals surface area contributed by atoms with Crippen molar-refractivity contribution in [2.75, 3.05) is 20.1 Å². The first kappa shape index (κ1) is 19.4. The molecule has 1 aliphatic carbocycles. The van der Waals surface area contributed by atoms with Crippen LogP contribution in [0.4, 0.5) is 0 Å². The van der Waals surface area contributed by atoms with Crippen LogP contribution in [0.15, 0.2) is 12.1 Å². The van der Waals surface area contributed by atoms with Gasteiger partial charge in [0.15, 0.2) is 0 Å². The third-order valence-corrected chi connectivity index (χ3v) is 5.95. The number of hydrogen-bond acceptors (Lipinski definition) is 4. The van der Waals surface area contributed by atoms with Crippen molar-refractivity contribution in [1.29, 1.82) is 5.26 Å². The van der Waals surface area contributed by atoms with Crippen LogP contribution in [0, 0.1) is 17.2 Å². The fraction of sp³-hybridized carbons (Fsp3) is 0.650. The molecule has 7 heteroatoms. The minimum Gasteiger partial charge on any atom is -0.354 e. The average molecular weight is 371 g/mol. The maximum Gasteiger partial charge on any atom is 0.267 e. The Labute approximate surface area is 160 Å². The summed E-state index contributed by atoms with van der Waals surface area (Å²) >= 11 is 0. The minimum atomic E-state index is -0.764. The molecule has 0 bridgehead atoms. The van der Waals surface area contributed by atoms with Gasteiger partial charge in [0.1, 0.15) is 11.2 Å². The lowest BCUT2D eigenvalue weighted by atomic mass is 9.97. The average Bonchev–Trinajstić information content (AvgIpc) is 3.45. The lowest BCUT2D eigenvalue weighted by molar-refractivity contribution is -0.124. The number of nitrogens with zero attached hydrogens (tertiary/aromatic N) is 3. The van der Waals surface area contributed by atoms with Crippen LogP contribution in [0.25, 0.3) is 0 Å². The molecule has 2 heterocycles. The van der Waals surface area contributed by atoms with Crippen molar-refractivity contribution in [3.05, 3.63) is 23.5 Å². The van der Waals surface area contributed by atoms with E-state index in [4.69, 9.17) is 0 Å². The molecule has 2 amide bonds. The molecule has 0 spiro atoms. The Bertz CT molecular complexity index is 761. The molecular weight excluding hydrogens is 342 g/mol. The van der Waals surface area contributed by atoms with Crippen LogP contribution in [-0.2, 0) is 11.8 Å². The predicted octanol–water partition coefficient (Wildman–Crippen LogP) is 1.72. The van der Waals surface area contributed by atoms with Gasteiger partial charge in [0.25, 0.3) is 5.91 Å². The fourth-order valence-corrected chi connectivity index (χ4v) is 4.13. The summed E-state index contributed by atoms with van der Waals surface area (Å²) in [6, 6.07) is 6.20. The van der Waals surface area contributed by atoms with Crippen molar-refractivity contribution in [1.82, 2.24) is 20.1 Å². The fourth-order valence-electron chi connectivity index (χ4n) is 4.13. The first-order valence-corrected chi connectivity index (χ1v) is 9.73. The normalized spacial score (nSPS) is 22.5. The molecular formula is C20H29N5O2.